The summed E-state index contributed by atoms with van der Waals surface area (Å²) in [6, 6.07) is 4.05. The fraction of sp³-hybridized carbons (Fsp3) is 0.467. The van der Waals surface area contributed by atoms with Crippen LogP contribution in [-0.2, 0) is 6.54 Å². The zero-order valence-electron chi connectivity index (χ0n) is 13.4. The van der Waals surface area contributed by atoms with E-state index in [9.17, 15) is 0 Å². The number of hydrazone groups is 1. The molecule has 0 aromatic carbocycles. The molecule has 1 aromatic rings. The largest absolute Gasteiger partial charge is 0.341 e. The third-order valence-electron chi connectivity index (χ3n) is 3.74. The summed E-state index contributed by atoms with van der Waals surface area (Å²) in [4.78, 5) is 8.71. The molecule has 8 heteroatoms. The van der Waals surface area contributed by atoms with Crippen molar-refractivity contribution in [2.75, 3.05) is 39.9 Å². The third kappa shape index (κ3) is 3.98. The lowest BCUT2D eigenvalue weighted by molar-refractivity contribution is 0.153. The van der Waals surface area contributed by atoms with E-state index in [4.69, 9.17) is 5.73 Å². The van der Waals surface area contributed by atoms with E-state index in [0.29, 0.717) is 13.1 Å². The molecule has 0 fully saturated rings. The predicted molar refractivity (Wildman–Crippen MR) is 89.9 cm³/mol. The first kappa shape index (κ1) is 15.7. The van der Waals surface area contributed by atoms with Gasteiger partial charge in [-0.1, -0.05) is 6.07 Å². The topological polar surface area (TPSA) is 93.8 Å². The summed E-state index contributed by atoms with van der Waals surface area (Å²) in [7, 11) is 2.11. The highest BCUT2D eigenvalue weighted by atomic mass is 15.5. The van der Waals surface area contributed by atoms with Crippen LogP contribution in [0.3, 0.4) is 0 Å². The Labute approximate surface area is 136 Å². The van der Waals surface area contributed by atoms with Crippen LogP contribution in [0.2, 0.25) is 0 Å². The first-order valence-corrected chi connectivity index (χ1v) is 7.82. The first-order valence-electron chi connectivity index (χ1n) is 7.82. The molecule has 0 atom stereocenters. The molecule has 1 aromatic heterocycles. The molecule has 0 spiro atoms. The van der Waals surface area contributed by atoms with Crippen molar-refractivity contribution in [1.82, 2.24) is 30.8 Å². The second-order valence-electron chi connectivity index (χ2n) is 5.80. The standard InChI is InChI=1S/C15H24N8/c1-22-10-13-15(21-20-14(19-13)8-18-6-4-16)23(11-22)9-12-3-2-5-17-7-12/h2-3,5,7,18,21H,4,6,8-11,16H2,1H3,(H,19,20). The van der Waals surface area contributed by atoms with Gasteiger partial charge in [-0.15, -0.1) is 0 Å². The van der Waals surface area contributed by atoms with E-state index < -0.39 is 0 Å². The van der Waals surface area contributed by atoms with Gasteiger partial charge in [0, 0.05) is 38.6 Å². The fourth-order valence-corrected chi connectivity index (χ4v) is 2.74. The lowest BCUT2D eigenvalue weighted by Gasteiger charge is -2.40. The van der Waals surface area contributed by atoms with Crippen LogP contribution in [0.15, 0.2) is 41.1 Å². The smallest absolute Gasteiger partial charge is 0.145 e. The van der Waals surface area contributed by atoms with Gasteiger partial charge in [-0.25, -0.2) is 0 Å². The average Bonchev–Trinajstić information content (AvgIpc) is 2.55. The fourth-order valence-electron chi connectivity index (χ4n) is 2.74. The van der Waals surface area contributed by atoms with Crippen LogP contribution in [0.1, 0.15) is 5.56 Å². The zero-order chi connectivity index (χ0) is 16.1. The Hall–Kier alpha value is -2.16. The average molecular weight is 316 g/mol. The summed E-state index contributed by atoms with van der Waals surface area (Å²) in [5.74, 6) is 1.92. The molecule has 3 heterocycles. The summed E-state index contributed by atoms with van der Waals surface area (Å²) in [5.41, 5.74) is 11.0. The molecule has 124 valence electrons. The summed E-state index contributed by atoms with van der Waals surface area (Å²) in [6.45, 7) is 4.58. The summed E-state index contributed by atoms with van der Waals surface area (Å²) >= 11 is 0. The van der Waals surface area contributed by atoms with Crippen molar-refractivity contribution >= 4 is 5.84 Å². The number of aromatic nitrogens is 1. The van der Waals surface area contributed by atoms with Gasteiger partial charge < -0.3 is 21.3 Å². The van der Waals surface area contributed by atoms with Gasteiger partial charge in [0.25, 0.3) is 0 Å². The number of nitrogens with one attached hydrogen (secondary N) is 3. The van der Waals surface area contributed by atoms with E-state index in [0.717, 1.165) is 43.7 Å². The minimum Gasteiger partial charge on any atom is -0.341 e. The summed E-state index contributed by atoms with van der Waals surface area (Å²) < 4.78 is 0. The molecule has 2 aliphatic heterocycles. The number of likely N-dealkylation sites (N-methyl/N-ethyl adjacent to an activating group) is 1. The Morgan fingerprint density at radius 3 is 3.13 bits per heavy atom. The molecule has 0 unspecified atom stereocenters. The summed E-state index contributed by atoms with van der Waals surface area (Å²) in [5, 5.41) is 11.1. The predicted octanol–water partition coefficient (Wildman–Crippen LogP) is -0.990. The van der Waals surface area contributed by atoms with E-state index in [1.54, 1.807) is 6.20 Å². The maximum Gasteiger partial charge on any atom is 0.145 e. The molecule has 0 bridgehead atoms. The van der Waals surface area contributed by atoms with Crippen LogP contribution in [0, 0.1) is 0 Å². The van der Waals surface area contributed by atoms with Crippen molar-refractivity contribution in [2.24, 2.45) is 10.8 Å². The molecule has 0 amide bonds. The second kappa shape index (κ2) is 7.40. The Balaban J connectivity index is 1.67. The first-order chi connectivity index (χ1) is 11.3. The third-order valence-corrected chi connectivity index (χ3v) is 3.74. The van der Waals surface area contributed by atoms with Gasteiger partial charge in [0.15, 0.2) is 0 Å². The van der Waals surface area contributed by atoms with Crippen LogP contribution in [0.4, 0.5) is 0 Å². The maximum atomic E-state index is 5.49. The normalized spacial score (nSPS) is 18.2. The highest BCUT2D eigenvalue weighted by Crippen LogP contribution is 2.19. The Bertz CT molecular complexity index is 582. The van der Waals surface area contributed by atoms with Crippen molar-refractivity contribution in [3.63, 3.8) is 0 Å². The Kier molecular flexibility index (Phi) is 5.06. The molecule has 3 rings (SSSR count). The highest BCUT2D eigenvalue weighted by molar-refractivity contribution is 5.86. The van der Waals surface area contributed by atoms with Crippen molar-refractivity contribution in [3.8, 4) is 0 Å². The maximum absolute atomic E-state index is 5.49. The minimum absolute atomic E-state index is 0.621. The van der Waals surface area contributed by atoms with E-state index in [2.05, 4.69) is 49.1 Å². The SMILES string of the molecule is CN1CC2=C(NN=C(CNCCN)N2)N(Cc2cccnc2)C1. The molecule has 5 N–H and O–H groups in total. The van der Waals surface area contributed by atoms with Gasteiger partial charge in [-0.3, -0.25) is 15.3 Å². The van der Waals surface area contributed by atoms with Gasteiger partial charge in [0.2, 0.25) is 0 Å². The monoisotopic (exact) mass is 316 g/mol. The van der Waals surface area contributed by atoms with Gasteiger partial charge in [0.1, 0.15) is 11.7 Å². The van der Waals surface area contributed by atoms with E-state index in [1.165, 1.54) is 5.56 Å². The molecule has 23 heavy (non-hydrogen) atoms. The number of amidine groups is 1. The number of nitrogens with two attached hydrogens (primary N) is 1. The van der Waals surface area contributed by atoms with E-state index >= 15 is 0 Å². The van der Waals surface area contributed by atoms with Gasteiger partial charge in [0.05, 0.1) is 18.9 Å². The van der Waals surface area contributed by atoms with Crippen molar-refractivity contribution in [3.05, 3.63) is 41.6 Å². The molecule has 0 radical (unpaired) electrons. The van der Waals surface area contributed by atoms with Crippen LogP contribution in [-0.4, -0.2) is 60.5 Å². The molecule has 8 nitrogen and oxygen atoms in total. The molecule has 0 saturated carbocycles. The lowest BCUT2D eigenvalue weighted by atomic mass is 10.2. The quantitative estimate of drug-likeness (QED) is 0.501. The highest BCUT2D eigenvalue weighted by Gasteiger charge is 2.26. The number of rotatable bonds is 6. The molecule has 0 aliphatic carbocycles. The van der Waals surface area contributed by atoms with Crippen molar-refractivity contribution < 1.29 is 0 Å². The van der Waals surface area contributed by atoms with Crippen LogP contribution in [0.25, 0.3) is 0 Å². The van der Waals surface area contributed by atoms with E-state index in [-0.39, 0.29) is 0 Å². The second-order valence-corrected chi connectivity index (χ2v) is 5.80. The molecular weight excluding hydrogens is 292 g/mol. The lowest BCUT2D eigenvalue weighted by Crippen LogP contribution is -2.52. The number of hydrogen-bond donors (Lipinski definition) is 4. The van der Waals surface area contributed by atoms with Crippen LogP contribution in [0.5, 0.6) is 0 Å². The number of nitrogens with zero attached hydrogens (tertiary/aromatic N) is 4. The zero-order valence-corrected chi connectivity index (χ0v) is 13.4. The molecular formula is C15H24N8. The Morgan fingerprint density at radius 2 is 2.35 bits per heavy atom. The van der Waals surface area contributed by atoms with Gasteiger partial charge in [-0.05, 0) is 18.7 Å². The van der Waals surface area contributed by atoms with Crippen LogP contribution < -0.4 is 21.8 Å². The number of pyridine rings is 1. The molecule has 2 aliphatic rings. The minimum atomic E-state index is 0.621. The van der Waals surface area contributed by atoms with Crippen molar-refractivity contribution in [2.45, 2.75) is 6.54 Å². The van der Waals surface area contributed by atoms with Crippen molar-refractivity contribution in [1.29, 1.82) is 0 Å². The Morgan fingerprint density at radius 1 is 1.43 bits per heavy atom. The van der Waals surface area contributed by atoms with Gasteiger partial charge in [-0.2, -0.15) is 5.10 Å². The summed E-state index contributed by atoms with van der Waals surface area (Å²) in [6.07, 6.45) is 3.69. The van der Waals surface area contributed by atoms with Gasteiger partial charge >= 0.3 is 0 Å². The van der Waals surface area contributed by atoms with Crippen LogP contribution >= 0.6 is 0 Å². The molecule has 0 saturated heterocycles. The number of hydrogen-bond acceptors (Lipinski definition) is 8. The van der Waals surface area contributed by atoms with E-state index in [1.807, 2.05) is 12.3 Å².